The third kappa shape index (κ3) is 6.23. The molecule has 0 bridgehead atoms. The maximum atomic E-state index is 13.4. The van der Waals surface area contributed by atoms with Gasteiger partial charge in [-0.1, -0.05) is 54.9 Å². The summed E-state index contributed by atoms with van der Waals surface area (Å²) in [5.74, 6) is -0.347. The van der Waals surface area contributed by atoms with Crippen molar-refractivity contribution >= 4 is 23.5 Å². The molecular formula is C29H30ClNO4. The number of hydrogen-bond acceptors (Lipinski definition) is 3. The minimum absolute atomic E-state index is 0.121. The molecule has 35 heavy (non-hydrogen) atoms. The van der Waals surface area contributed by atoms with Crippen LogP contribution < -0.4 is 4.74 Å². The van der Waals surface area contributed by atoms with Crippen LogP contribution in [0.5, 0.6) is 5.75 Å². The number of ether oxygens (including phenoxy) is 1. The molecule has 1 N–H and O–H groups in total. The van der Waals surface area contributed by atoms with Gasteiger partial charge in [0.15, 0.2) is 0 Å². The maximum Gasteiger partial charge on any atom is 0.305 e. The Morgan fingerprint density at radius 3 is 2.31 bits per heavy atom. The van der Waals surface area contributed by atoms with Gasteiger partial charge < -0.3 is 14.7 Å². The fourth-order valence-electron chi connectivity index (χ4n) is 4.55. The molecule has 1 atom stereocenters. The highest BCUT2D eigenvalue weighted by Crippen LogP contribution is 2.37. The van der Waals surface area contributed by atoms with Crippen LogP contribution >= 0.6 is 11.6 Å². The van der Waals surface area contributed by atoms with Crippen LogP contribution in [0, 0.1) is 0 Å². The predicted molar refractivity (Wildman–Crippen MR) is 137 cm³/mol. The van der Waals surface area contributed by atoms with E-state index < -0.39 is 5.97 Å². The summed E-state index contributed by atoms with van der Waals surface area (Å²) in [5, 5.41) is 9.79. The van der Waals surface area contributed by atoms with E-state index in [1.165, 1.54) is 11.1 Å². The van der Waals surface area contributed by atoms with Crippen molar-refractivity contribution in [1.82, 2.24) is 4.90 Å². The molecule has 0 aliphatic carbocycles. The third-order valence-electron chi connectivity index (χ3n) is 6.41. The lowest BCUT2D eigenvalue weighted by molar-refractivity contribution is -0.137. The molecule has 182 valence electrons. The first-order valence-corrected chi connectivity index (χ1v) is 12.3. The minimum atomic E-state index is -0.941. The van der Waals surface area contributed by atoms with E-state index in [1.54, 1.807) is 23.1 Å². The van der Waals surface area contributed by atoms with E-state index in [1.807, 2.05) is 24.3 Å². The van der Waals surface area contributed by atoms with Gasteiger partial charge in [0.25, 0.3) is 5.91 Å². The van der Waals surface area contributed by atoms with Crippen molar-refractivity contribution in [2.24, 2.45) is 0 Å². The summed E-state index contributed by atoms with van der Waals surface area (Å²) in [6, 6.07) is 21.3. The zero-order chi connectivity index (χ0) is 25.0. The highest BCUT2D eigenvalue weighted by atomic mass is 35.5. The maximum absolute atomic E-state index is 13.4. The molecule has 0 saturated carbocycles. The summed E-state index contributed by atoms with van der Waals surface area (Å²) < 4.78 is 6.32. The number of rotatable bonds is 9. The van der Waals surface area contributed by atoms with Crippen molar-refractivity contribution in [3.8, 4) is 5.75 Å². The molecule has 1 unspecified atom stereocenters. The Kier molecular flexibility index (Phi) is 7.46. The molecule has 3 aromatic rings. The Morgan fingerprint density at radius 1 is 1.00 bits per heavy atom. The lowest BCUT2D eigenvalue weighted by atomic mass is 9.91. The number of carboxylic acids is 1. The second kappa shape index (κ2) is 10.5. The third-order valence-corrected chi connectivity index (χ3v) is 6.66. The Morgan fingerprint density at radius 2 is 1.66 bits per heavy atom. The van der Waals surface area contributed by atoms with Crippen molar-refractivity contribution in [2.75, 3.05) is 6.54 Å². The number of carbonyl (C=O) groups excluding carboxylic acids is 1. The first-order valence-electron chi connectivity index (χ1n) is 11.9. The molecule has 1 aliphatic heterocycles. The largest absolute Gasteiger partial charge is 0.487 e. The van der Waals surface area contributed by atoms with E-state index in [0.29, 0.717) is 23.6 Å². The number of carbonyl (C=O) groups is 2. The van der Waals surface area contributed by atoms with Crippen LogP contribution in [0.15, 0.2) is 66.7 Å². The molecule has 6 heteroatoms. The summed E-state index contributed by atoms with van der Waals surface area (Å²) in [5.41, 5.74) is 4.56. The van der Waals surface area contributed by atoms with Crippen LogP contribution in [0.1, 0.15) is 52.9 Å². The number of fused-ring (bicyclic) bond motifs is 1. The van der Waals surface area contributed by atoms with Gasteiger partial charge in [0.2, 0.25) is 0 Å². The number of aliphatic carboxylic acids is 1. The topological polar surface area (TPSA) is 66.8 Å². The van der Waals surface area contributed by atoms with Gasteiger partial charge in [-0.05, 0) is 65.9 Å². The van der Waals surface area contributed by atoms with Gasteiger partial charge >= 0.3 is 5.97 Å². The summed E-state index contributed by atoms with van der Waals surface area (Å²) in [6.45, 7) is 4.67. The molecule has 5 nitrogen and oxygen atoms in total. The molecule has 0 fully saturated rings. The smallest absolute Gasteiger partial charge is 0.305 e. The molecule has 1 heterocycles. The molecule has 1 amide bonds. The molecule has 3 aromatic carbocycles. The van der Waals surface area contributed by atoms with Gasteiger partial charge in [-0.2, -0.15) is 0 Å². The lowest BCUT2D eigenvalue weighted by Crippen LogP contribution is -2.33. The van der Waals surface area contributed by atoms with E-state index in [9.17, 15) is 14.7 Å². The number of hydrogen-bond donors (Lipinski definition) is 1. The van der Waals surface area contributed by atoms with Crippen molar-refractivity contribution in [3.05, 3.63) is 99.6 Å². The monoisotopic (exact) mass is 491 g/mol. The average molecular weight is 492 g/mol. The Labute approximate surface area is 211 Å². The van der Waals surface area contributed by atoms with Crippen molar-refractivity contribution in [1.29, 1.82) is 0 Å². The number of aryl methyl sites for hydroxylation is 1. The van der Waals surface area contributed by atoms with Crippen LogP contribution in [0.2, 0.25) is 5.02 Å². The fourth-order valence-corrected chi connectivity index (χ4v) is 4.68. The number of carboxylic acid groups (broad SMARTS) is 1. The zero-order valence-corrected chi connectivity index (χ0v) is 20.8. The predicted octanol–water partition coefficient (Wildman–Crippen LogP) is 5.96. The van der Waals surface area contributed by atoms with Crippen molar-refractivity contribution in [3.63, 3.8) is 0 Å². The number of benzene rings is 3. The van der Waals surface area contributed by atoms with Gasteiger partial charge in [-0.3, -0.25) is 9.59 Å². The van der Waals surface area contributed by atoms with Crippen LogP contribution in [-0.2, 0) is 30.6 Å². The second-order valence-corrected chi connectivity index (χ2v) is 9.83. The van der Waals surface area contributed by atoms with E-state index in [0.717, 1.165) is 29.7 Å². The molecule has 0 saturated heterocycles. The van der Waals surface area contributed by atoms with Gasteiger partial charge in [-0.15, -0.1) is 0 Å². The van der Waals surface area contributed by atoms with Crippen LogP contribution in [0.25, 0.3) is 0 Å². The van der Waals surface area contributed by atoms with E-state index in [4.69, 9.17) is 16.3 Å². The van der Waals surface area contributed by atoms with E-state index in [-0.39, 0.29) is 24.5 Å². The normalized spacial score (nSPS) is 16.4. The van der Waals surface area contributed by atoms with Crippen LogP contribution in [-0.4, -0.2) is 34.0 Å². The van der Waals surface area contributed by atoms with Gasteiger partial charge in [0.1, 0.15) is 11.4 Å². The summed E-state index contributed by atoms with van der Waals surface area (Å²) in [6.07, 6.45) is 2.36. The van der Waals surface area contributed by atoms with Gasteiger partial charge in [0.05, 0.1) is 6.42 Å². The summed E-state index contributed by atoms with van der Waals surface area (Å²) in [7, 11) is 0. The first kappa shape index (κ1) is 24.8. The molecule has 0 spiro atoms. The standard InChI is InChI=1S/C29H30ClNO4/c1-3-20-4-6-21(7-5-20)17-29(2)18-24-16-23(10-13-26(24)35-29)28(34)31(15-14-27(32)33)19-22-8-11-25(30)12-9-22/h4-13,16H,3,14-15,17-19H2,1-2H3,(H,32,33). The summed E-state index contributed by atoms with van der Waals surface area (Å²) in [4.78, 5) is 26.2. The van der Waals surface area contributed by atoms with Gasteiger partial charge in [-0.25, -0.2) is 0 Å². The van der Waals surface area contributed by atoms with E-state index >= 15 is 0 Å². The SMILES string of the molecule is CCc1ccc(CC2(C)Cc3cc(C(=O)N(CCC(=O)O)Cc4ccc(Cl)cc4)ccc3O2)cc1. The Balaban J connectivity index is 1.50. The molecule has 0 radical (unpaired) electrons. The van der Waals surface area contributed by atoms with Gasteiger partial charge in [0, 0.05) is 36.5 Å². The highest BCUT2D eigenvalue weighted by molar-refractivity contribution is 6.30. The Hall–Kier alpha value is -3.31. The second-order valence-electron chi connectivity index (χ2n) is 9.39. The molecule has 1 aliphatic rings. The van der Waals surface area contributed by atoms with Crippen LogP contribution in [0.3, 0.4) is 0 Å². The van der Waals surface area contributed by atoms with E-state index in [2.05, 4.69) is 38.1 Å². The number of nitrogens with zero attached hydrogens (tertiary/aromatic N) is 1. The first-order chi connectivity index (χ1) is 16.7. The average Bonchev–Trinajstić information content (AvgIpc) is 3.17. The zero-order valence-electron chi connectivity index (χ0n) is 20.1. The number of amides is 1. The number of halogens is 1. The lowest BCUT2D eigenvalue weighted by Gasteiger charge is -2.24. The Bertz CT molecular complexity index is 1210. The highest BCUT2D eigenvalue weighted by Gasteiger charge is 2.35. The minimum Gasteiger partial charge on any atom is -0.487 e. The van der Waals surface area contributed by atoms with Crippen molar-refractivity contribution < 1.29 is 19.4 Å². The van der Waals surface area contributed by atoms with Crippen LogP contribution in [0.4, 0.5) is 0 Å². The molecular weight excluding hydrogens is 462 g/mol. The summed E-state index contributed by atoms with van der Waals surface area (Å²) >= 11 is 5.98. The molecule has 4 rings (SSSR count). The molecule has 0 aromatic heterocycles. The fraction of sp³-hybridized carbons (Fsp3) is 0.310. The van der Waals surface area contributed by atoms with Crippen molar-refractivity contribution in [2.45, 2.75) is 51.7 Å². The quantitative estimate of drug-likeness (QED) is 0.401.